The van der Waals surface area contributed by atoms with Gasteiger partial charge in [-0.05, 0) is 229 Å². The monoisotopic (exact) mass is 1560 g/mol. The van der Waals surface area contributed by atoms with E-state index in [9.17, 15) is 0 Å². The van der Waals surface area contributed by atoms with E-state index < -0.39 is 0 Å². The quantitative estimate of drug-likeness (QED) is 0.0864. The van der Waals surface area contributed by atoms with E-state index >= 15 is 0 Å². The molecule has 0 aliphatic rings. The van der Waals surface area contributed by atoms with Gasteiger partial charge in [-0.1, -0.05) is 277 Å². The topological polar surface area (TPSA) is 25.0 Å². The lowest BCUT2D eigenvalue weighted by Crippen LogP contribution is -2.13. The van der Waals surface area contributed by atoms with E-state index in [1.54, 1.807) is 6.07 Å². The van der Waals surface area contributed by atoms with Crippen LogP contribution in [0, 0.1) is 0 Å². The van der Waals surface area contributed by atoms with E-state index in [0.717, 1.165) is 102 Å². The molecule has 0 bridgehead atoms. The molecule has 10 heteroatoms. The maximum atomic E-state index is 6.23. The zero-order valence-electron chi connectivity index (χ0n) is 61.8. The van der Waals surface area contributed by atoms with Crippen LogP contribution >= 0.6 is 55.8 Å². The minimum atomic E-state index is 0. The van der Waals surface area contributed by atoms with Crippen LogP contribution in [-0.4, -0.2) is 0 Å². The molecule has 0 aliphatic heterocycles. The SMILES string of the molecule is C.C.CCCCC.Clc1cc(Cl)cc(-c2ccc(N(c3ccccc3)c3ccc4sc5ccccc5c4c3)cc2)c1.[PH2-].c1ccc(N(c2ccccc2)c2cc(-c3ccc(N(c4ccccc4)c4ccc5sc6ccccc6c5c4)cc3)cc(N(c3ccccc3)c3ccccc3)c2)cc1.c1ccc(Nc2ccccc2)cc1. The number of thiophene rings is 2. The molecule has 0 amide bonds. The van der Waals surface area contributed by atoms with E-state index in [-0.39, 0.29) is 24.8 Å². The van der Waals surface area contributed by atoms with Gasteiger partial charge in [-0.2, -0.15) is 0 Å². The van der Waals surface area contributed by atoms with Gasteiger partial charge in [0.05, 0.1) is 0 Å². The van der Waals surface area contributed by atoms with Crippen LogP contribution in [0.15, 0.2) is 413 Å². The molecule has 2 aromatic heterocycles. The summed E-state index contributed by atoms with van der Waals surface area (Å²) in [6, 6.07) is 145. The number of para-hydroxylation sites is 8. The summed E-state index contributed by atoms with van der Waals surface area (Å²) in [5, 5.41) is 9.72. The Morgan fingerprint density at radius 1 is 0.230 bits per heavy atom. The molecule has 2 heterocycles. The lowest BCUT2D eigenvalue weighted by Gasteiger charge is -2.30. The van der Waals surface area contributed by atoms with Crippen LogP contribution in [0.3, 0.4) is 0 Å². The molecule has 18 rings (SSSR count). The van der Waals surface area contributed by atoms with Crippen molar-refractivity contribution in [1.29, 1.82) is 0 Å². The Labute approximate surface area is 688 Å². The number of nitrogens with zero attached hydrogens (tertiary/aromatic N) is 4. The second-order valence-electron chi connectivity index (χ2n) is 26.6. The zero-order valence-corrected chi connectivity index (χ0v) is 66.1. The molecule has 0 saturated heterocycles. The van der Waals surface area contributed by atoms with Gasteiger partial charge in [0.25, 0.3) is 0 Å². The van der Waals surface area contributed by atoms with Crippen molar-refractivity contribution >= 4 is 176 Å². The van der Waals surface area contributed by atoms with Gasteiger partial charge >= 0.3 is 0 Å². The third-order valence-electron chi connectivity index (χ3n) is 19.1. The van der Waals surface area contributed by atoms with Gasteiger partial charge in [-0.3, -0.25) is 0 Å². The van der Waals surface area contributed by atoms with Gasteiger partial charge in [-0.25, -0.2) is 0 Å². The molecule has 0 saturated carbocycles. The second kappa shape index (κ2) is 39.2. The van der Waals surface area contributed by atoms with Gasteiger partial charge in [0.2, 0.25) is 0 Å². The lowest BCUT2D eigenvalue weighted by atomic mass is 10.0. The van der Waals surface area contributed by atoms with Crippen LogP contribution in [-0.2, 0) is 0 Å². The summed E-state index contributed by atoms with van der Waals surface area (Å²) >= 11 is 16.1. The fourth-order valence-electron chi connectivity index (χ4n) is 13.9. The van der Waals surface area contributed by atoms with Crippen molar-refractivity contribution in [1.82, 2.24) is 0 Å². The van der Waals surface area contributed by atoms with E-state index in [2.05, 4.69) is 366 Å². The lowest BCUT2D eigenvalue weighted by molar-refractivity contribution is 0.772. The second-order valence-corrected chi connectivity index (χ2v) is 29.7. The fraction of sp³-hybridized carbons (Fsp3) is 0.0680. The largest absolute Gasteiger partial charge is 0.577 e. The van der Waals surface area contributed by atoms with Crippen LogP contribution in [0.25, 0.3) is 62.6 Å². The molecule has 0 atom stereocenters. The highest BCUT2D eigenvalue weighted by molar-refractivity contribution is 7.26. The number of hydrogen-bond acceptors (Lipinski definition) is 7. The standard InChI is InChI=1S/C54H39N3S.C30H19Cl2NS.C12H11N.C5H12.2CH4.H2P/c1-6-18-42(19-7-1)55(48-34-35-54-52(39-48)51-28-16-17-29-53(51)58-54)47-32-30-40(31-33-47)41-36-49(56(43-20-8-2-9-21-43)44-22-10-3-11-23-44)38-50(37-41)57(45-24-12-4-13-25-45)46-26-14-5-15-27-46;31-22-16-21(17-23(32)18-22)20-10-12-25(13-11-20)33(24-6-2-1-3-7-24)26-14-15-30-28(19-26)27-8-4-5-9-29(27)34-30;1-3-7-11(8-4-1)13-12-9-5-2-6-10-12;1-3-5-4-2;;;/h1-39H;1-19H;1-10,13H;3-5H2,1-2H3;2*1H4;1H2/q;;;;;;-1. The van der Waals surface area contributed by atoms with E-state index in [1.165, 1.54) is 59.6 Å². The number of unbranched alkanes of at least 4 members (excludes halogenated alkanes) is 2. The van der Waals surface area contributed by atoms with Crippen molar-refractivity contribution in [2.24, 2.45) is 0 Å². The molecule has 0 radical (unpaired) electrons. The summed E-state index contributed by atoms with van der Waals surface area (Å²) in [7, 11) is 0. The first kappa shape index (κ1) is 80.5. The molecule has 16 aromatic carbocycles. The Kier molecular flexibility index (Phi) is 27.9. The Hall–Kier alpha value is -12.0. The van der Waals surface area contributed by atoms with Crippen LogP contribution in [0.1, 0.15) is 48.0 Å². The molecule has 0 unspecified atom stereocenters. The smallest absolute Gasteiger partial charge is 0.0488 e. The Balaban J connectivity index is 0.000000180. The first-order chi connectivity index (χ1) is 54.3. The number of benzene rings is 16. The molecular formula is C103H91Cl2N5PS2-. The first-order valence-electron chi connectivity index (χ1n) is 37.3. The minimum absolute atomic E-state index is 0. The highest BCUT2D eigenvalue weighted by atomic mass is 35.5. The molecule has 1 N–H and O–H groups in total. The van der Waals surface area contributed by atoms with Crippen molar-refractivity contribution in [3.8, 4) is 22.3 Å². The van der Waals surface area contributed by atoms with Crippen molar-refractivity contribution in [3.05, 3.63) is 423 Å². The summed E-state index contributed by atoms with van der Waals surface area (Å²) in [5.41, 5.74) is 19.7. The highest BCUT2D eigenvalue weighted by Crippen LogP contribution is 2.47. The Morgan fingerprint density at radius 3 is 0.796 bits per heavy atom. The molecular weight excluding hydrogens is 1470 g/mol. The summed E-state index contributed by atoms with van der Waals surface area (Å²) < 4.78 is 5.21. The summed E-state index contributed by atoms with van der Waals surface area (Å²) in [6.07, 6.45) is 4.08. The highest BCUT2D eigenvalue weighted by Gasteiger charge is 2.22. The first-order valence-corrected chi connectivity index (χ1v) is 39.7. The van der Waals surface area contributed by atoms with Crippen LogP contribution < -0.4 is 24.9 Å². The molecule has 113 heavy (non-hydrogen) atoms. The average Bonchev–Trinajstić information content (AvgIpc) is 1.72. The third-order valence-corrected chi connectivity index (χ3v) is 21.8. The van der Waals surface area contributed by atoms with Crippen LogP contribution in [0.2, 0.25) is 10.0 Å². The molecule has 0 aliphatic carbocycles. The predicted molar refractivity (Wildman–Crippen MR) is 503 cm³/mol. The third kappa shape index (κ3) is 19.5. The molecule has 560 valence electrons. The zero-order chi connectivity index (χ0) is 74.8. The van der Waals surface area contributed by atoms with Gasteiger partial charge in [0.15, 0.2) is 0 Å². The predicted octanol–water partition coefficient (Wildman–Crippen LogP) is 33.9. The minimum Gasteiger partial charge on any atom is -0.577 e. The maximum Gasteiger partial charge on any atom is 0.0488 e. The number of fused-ring (bicyclic) bond motifs is 6. The van der Waals surface area contributed by atoms with Crippen molar-refractivity contribution in [2.75, 3.05) is 24.9 Å². The van der Waals surface area contributed by atoms with Gasteiger partial charge in [0.1, 0.15) is 0 Å². The van der Waals surface area contributed by atoms with Crippen LogP contribution in [0.5, 0.6) is 0 Å². The molecule has 18 aromatic rings. The average molecular weight is 1560 g/mol. The maximum absolute atomic E-state index is 6.23. The van der Waals surface area contributed by atoms with Gasteiger partial charge < -0.3 is 34.8 Å². The number of nitrogens with one attached hydrogen (secondary N) is 1. The van der Waals surface area contributed by atoms with Gasteiger partial charge in [-0.15, -0.1) is 22.7 Å². The van der Waals surface area contributed by atoms with E-state index in [0.29, 0.717) is 10.0 Å². The summed E-state index contributed by atoms with van der Waals surface area (Å²) in [4.78, 5) is 9.34. The van der Waals surface area contributed by atoms with Gasteiger partial charge in [0, 0.05) is 130 Å². The summed E-state index contributed by atoms with van der Waals surface area (Å²) in [5.74, 6) is 0. The van der Waals surface area contributed by atoms with E-state index in [1.807, 2.05) is 102 Å². The van der Waals surface area contributed by atoms with Crippen molar-refractivity contribution in [3.63, 3.8) is 0 Å². The Bertz CT molecular complexity index is 5720. The number of hydrogen-bond donors (Lipinski definition) is 1. The summed E-state index contributed by atoms with van der Waals surface area (Å²) in [6.45, 7) is 4.42. The van der Waals surface area contributed by atoms with E-state index in [4.69, 9.17) is 23.2 Å². The van der Waals surface area contributed by atoms with Crippen molar-refractivity contribution < 1.29 is 0 Å². The Morgan fingerprint density at radius 2 is 0.487 bits per heavy atom. The molecule has 5 nitrogen and oxygen atoms in total. The molecule has 0 spiro atoms. The fourth-order valence-corrected chi connectivity index (χ4v) is 16.6. The number of anilines is 14. The number of halogens is 2. The molecule has 0 fully saturated rings. The number of rotatable bonds is 18. The van der Waals surface area contributed by atoms with Crippen molar-refractivity contribution in [2.45, 2.75) is 48.0 Å². The normalized spacial score (nSPS) is 10.5. The van der Waals surface area contributed by atoms with Crippen LogP contribution in [0.4, 0.5) is 79.6 Å².